The summed E-state index contributed by atoms with van der Waals surface area (Å²) in [5.41, 5.74) is 6.63. The molecule has 1 aromatic heterocycles. The van der Waals surface area contributed by atoms with E-state index >= 15 is 0 Å². The van der Waals surface area contributed by atoms with Crippen molar-refractivity contribution in [1.82, 2.24) is 9.78 Å². The summed E-state index contributed by atoms with van der Waals surface area (Å²) < 4.78 is 1.43. The second-order valence-corrected chi connectivity index (χ2v) is 3.34. The summed E-state index contributed by atoms with van der Waals surface area (Å²) in [5.74, 6) is -0.843. The second-order valence-electron chi connectivity index (χ2n) is 3.34. The highest BCUT2D eigenvalue weighted by Gasteiger charge is 2.07. The molecule has 0 fully saturated rings. The molecule has 0 amide bonds. The molecule has 0 saturated carbocycles. The number of hydrogen-bond acceptors (Lipinski definition) is 4. The highest BCUT2D eigenvalue weighted by molar-refractivity contribution is 5.87. The molecule has 0 aliphatic rings. The first-order chi connectivity index (χ1) is 8.11. The number of rotatable bonds is 2. The van der Waals surface area contributed by atoms with Crippen LogP contribution in [0.3, 0.4) is 0 Å². The van der Waals surface area contributed by atoms with E-state index in [1.54, 1.807) is 12.1 Å². The van der Waals surface area contributed by atoms with Crippen molar-refractivity contribution in [1.29, 1.82) is 5.26 Å². The van der Waals surface area contributed by atoms with Gasteiger partial charge < -0.3 is 10.8 Å². The molecule has 0 aliphatic heterocycles. The van der Waals surface area contributed by atoms with Crippen LogP contribution in [0.15, 0.2) is 30.5 Å². The Morgan fingerprint density at radius 3 is 2.53 bits per heavy atom. The molecule has 2 rings (SSSR count). The average Bonchev–Trinajstić information content (AvgIpc) is 2.70. The topological polar surface area (TPSA) is 105 Å². The van der Waals surface area contributed by atoms with Crippen LogP contribution >= 0.6 is 0 Å². The van der Waals surface area contributed by atoms with Gasteiger partial charge in [-0.15, -0.1) is 5.10 Å². The van der Waals surface area contributed by atoms with Crippen LogP contribution < -0.4 is 5.73 Å². The van der Waals surface area contributed by atoms with Gasteiger partial charge in [0.1, 0.15) is 11.6 Å². The quantitative estimate of drug-likeness (QED) is 0.798. The predicted molar refractivity (Wildman–Crippen MR) is 59.7 cm³/mol. The van der Waals surface area contributed by atoms with Gasteiger partial charge in [0.2, 0.25) is 0 Å². The standard InChI is InChI=1S/C11H8N4O2/c12-5-8-6-15(14-10(8)13)9-3-1-7(2-4-9)11(16)17/h1-4,6H,(H2,13,14)(H,16,17). The third-order valence-corrected chi connectivity index (χ3v) is 2.24. The zero-order valence-electron chi connectivity index (χ0n) is 8.66. The SMILES string of the molecule is N#Cc1cn(-c2ccc(C(=O)O)cc2)nc1N. The molecule has 1 heterocycles. The number of nitrogens with two attached hydrogens (primary N) is 1. The van der Waals surface area contributed by atoms with Crippen LogP contribution in [0.5, 0.6) is 0 Å². The number of carboxylic acids is 1. The first kappa shape index (κ1) is 10.7. The molecule has 0 spiro atoms. The molecule has 84 valence electrons. The first-order valence-electron chi connectivity index (χ1n) is 4.71. The Bertz CT molecular complexity index is 607. The Morgan fingerprint density at radius 1 is 1.41 bits per heavy atom. The molecule has 6 heteroatoms. The van der Waals surface area contributed by atoms with Crippen LogP contribution in [0.25, 0.3) is 5.69 Å². The number of nitrogen functional groups attached to an aromatic ring is 1. The smallest absolute Gasteiger partial charge is 0.335 e. The number of nitrogens with zero attached hydrogens (tertiary/aromatic N) is 3. The molecule has 6 nitrogen and oxygen atoms in total. The van der Waals surface area contributed by atoms with Crippen molar-refractivity contribution in [2.45, 2.75) is 0 Å². The van der Waals surface area contributed by atoms with Crippen LogP contribution in [0, 0.1) is 11.3 Å². The van der Waals surface area contributed by atoms with Crippen molar-refractivity contribution in [2.24, 2.45) is 0 Å². The van der Waals surface area contributed by atoms with Gasteiger partial charge in [0, 0.05) is 0 Å². The van der Waals surface area contributed by atoms with Crippen LogP contribution in [0.1, 0.15) is 15.9 Å². The number of carbonyl (C=O) groups is 1. The van der Waals surface area contributed by atoms with Gasteiger partial charge in [0.25, 0.3) is 0 Å². The average molecular weight is 228 g/mol. The Hall–Kier alpha value is -2.81. The van der Waals surface area contributed by atoms with Gasteiger partial charge in [-0.25, -0.2) is 9.48 Å². The summed E-state index contributed by atoms with van der Waals surface area (Å²) in [6.45, 7) is 0. The predicted octanol–water partition coefficient (Wildman–Crippen LogP) is 1.02. The Kier molecular flexibility index (Phi) is 2.51. The van der Waals surface area contributed by atoms with Gasteiger partial charge >= 0.3 is 5.97 Å². The lowest BCUT2D eigenvalue weighted by Crippen LogP contribution is -1.99. The molecule has 0 atom stereocenters. The number of anilines is 1. The summed E-state index contributed by atoms with van der Waals surface area (Å²) in [7, 11) is 0. The zero-order valence-corrected chi connectivity index (χ0v) is 8.66. The van der Waals surface area contributed by atoms with Crippen LogP contribution in [-0.2, 0) is 0 Å². The number of benzene rings is 1. The van der Waals surface area contributed by atoms with Crippen molar-refractivity contribution in [2.75, 3.05) is 5.73 Å². The maximum absolute atomic E-state index is 10.7. The van der Waals surface area contributed by atoms with Gasteiger partial charge in [-0.3, -0.25) is 0 Å². The van der Waals surface area contributed by atoms with Gasteiger partial charge in [0.15, 0.2) is 5.82 Å². The largest absolute Gasteiger partial charge is 0.478 e. The second kappa shape index (κ2) is 3.98. The van der Waals surface area contributed by atoms with E-state index < -0.39 is 5.97 Å². The minimum absolute atomic E-state index is 0.148. The molecule has 0 radical (unpaired) electrons. The Morgan fingerprint density at radius 2 is 2.06 bits per heavy atom. The van der Waals surface area contributed by atoms with E-state index in [4.69, 9.17) is 16.1 Å². The highest BCUT2D eigenvalue weighted by atomic mass is 16.4. The highest BCUT2D eigenvalue weighted by Crippen LogP contribution is 2.13. The van der Waals surface area contributed by atoms with E-state index in [0.717, 1.165) is 0 Å². The molecule has 3 N–H and O–H groups in total. The number of aromatic carboxylic acids is 1. The number of carboxylic acid groups (broad SMARTS) is 1. The third kappa shape index (κ3) is 1.94. The van der Waals surface area contributed by atoms with Crippen molar-refractivity contribution < 1.29 is 9.90 Å². The molecule has 0 bridgehead atoms. The molecule has 0 aliphatic carbocycles. The van der Waals surface area contributed by atoms with Crippen molar-refractivity contribution in [3.05, 3.63) is 41.6 Å². The maximum atomic E-state index is 10.7. The number of aromatic nitrogens is 2. The fourth-order valence-electron chi connectivity index (χ4n) is 1.36. The third-order valence-electron chi connectivity index (χ3n) is 2.24. The number of hydrogen-bond donors (Lipinski definition) is 2. The van der Waals surface area contributed by atoms with E-state index in [-0.39, 0.29) is 16.9 Å². The van der Waals surface area contributed by atoms with Crippen LogP contribution in [0.2, 0.25) is 0 Å². The summed E-state index contributed by atoms with van der Waals surface area (Å²) in [6, 6.07) is 8.02. The van der Waals surface area contributed by atoms with E-state index in [0.29, 0.717) is 5.69 Å². The number of nitriles is 1. The summed E-state index contributed by atoms with van der Waals surface area (Å²) in [5, 5.41) is 21.4. The Balaban J connectivity index is 2.40. The summed E-state index contributed by atoms with van der Waals surface area (Å²) in [6.07, 6.45) is 1.49. The molecule has 0 saturated heterocycles. The molecule has 0 unspecified atom stereocenters. The minimum Gasteiger partial charge on any atom is -0.478 e. The van der Waals surface area contributed by atoms with Gasteiger partial charge in [-0.1, -0.05) is 0 Å². The van der Waals surface area contributed by atoms with E-state index in [1.165, 1.54) is 23.0 Å². The summed E-state index contributed by atoms with van der Waals surface area (Å²) >= 11 is 0. The van der Waals surface area contributed by atoms with Gasteiger partial charge in [0.05, 0.1) is 17.4 Å². The van der Waals surface area contributed by atoms with Crippen LogP contribution in [-0.4, -0.2) is 20.9 Å². The normalized spacial score (nSPS) is 9.82. The monoisotopic (exact) mass is 228 g/mol. The molecule has 1 aromatic carbocycles. The Labute approximate surface area is 96.5 Å². The van der Waals surface area contributed by atoms with Gasteiger partial charge in [-0.05, 0) is 24.3 Å². The van der Waals surface area contributed by atoms with E-state index in [9.17, 15) is 4.79 Å². The molecule has 17 heavy (non-hydrogen) atoms. The molecular weight excluding hydrogens is 220 g/mol. The minimum atomic E-state index is -0.991. The maximum Gasteiger partial charge on any atom is 0.335 e. The van der Waals surface area contributed by atoms with Crippen molar-refractivity contribution >= 4 is 11.8 Å². The lowest BCUT2D eigenvalue weighted by Gasteiger charge is -2.00. The first-order valence-corrected chi connectivity index (χ1v) is 4.71. The van der Waals surface area contributed by atoms with Crippen LogP contribution in [0.4, 0.5) is 5.82 Å². The fourth-order valence-corrected chi connectivity index (χ4v) is 1.36. The lowest BCUT2D eigenvalue weighted by atomic mass is 10.2. The van der Waals surface area contributed by atoms with E-state index in [1.807, 2.05) is 6.07 Å². The van der Waals surface area contributed by atoms with Crippen molar-refractivity contribution in [3.8, 4) is 11.8 Å². The summed E-state index contributed by atoms with van der Waals surface area (Å²) in [4.78, 5) is 10.7. The van der Waals surface area contributed by atoms with E-state index in [2.05, 4.69) is 5.10 Å². The fraction of sp³-hybridized carbons (Fsp3) is 0. The van der Waals surface area contributed by atoms with Gasteiger partial charge in [-0.2, -0.15) is 5.26 Å². The zero-order chi connectivity index (χ0) is 12.4. The molecular formula is C11H8N4O2. The lowest BCUT2D eigenvalue weighted by molar-refractivity contribution is 0.0697. The molecule has 2 aromatic rings. The van der Waals surface area contributed by atoms with Crippen molar-refractivity contribution in [3.63, 3.8) is 0 Å².